The summed E-state index contributed by atoms with van der Waals surface area (Å²) in [5.41, 5.74) is 1.04. The number of hydrogen-bond acceptors (Lipinski definition) is 3. The van der Waals surface area contributed by atoms with Crippen molar-refractivity contribution in [3.63, 3.8) is 0 Å². The third-order valence-electron chi connectivity index (χ3n) is 3.52. The third-order valence-corrected chi connectivity index (χ3v) is 4.12. The van der Waals surface area contributed by atoms with Gasteiger partial charge in [-0.05, 0) is 59.9 Å². The summed E-state index contributed by atoms with van der Waals surface area (Å²) in [6.45, 7) is 4.67. The van der Waals surface area contributed by atoms with Crippen molar-refractivity contribution in [1.29, 1.82) is 0 Å². The Bertz CT molecular complexity index is 481. The molecule has 1 aromatic rings. The van der Waals surface area contributed by atoms with E-state index in [2.05, 4.69) is 20.8 Å². The Labute approximate surface area is 127 Å². The van der Waals surface area contributed by atoms with Gasteiger partial charge in [0.05, 0.1) is 17.0 Å². The van der Waals surface area contributed by atoms with Crippen molar-refractivity contribution >= 4 is 21.9 Å². The lowest BCUT2D eigenvalue weighted by molar-refractivity contribution is -0.150. The minimum atomic E-state index is -0.253. The smallest absolute Gasteiger partial charge is 0.310 e. The second-order valence-electron chi connectivity index (χ2n) is 5.07. The fraction of sp³-hybridized carbons (Fsp3) is 0.533. The second-order valence-corrected chi connectivity index (χ2v) is 5.93. The van der Waals surface area contributed by atoms with E-state index in [9.17, 15) is 9.18 Å². The lowest BCUT2D eigenvalue weighted by Gasteiger charge is -2.31. The van der Waals surface area contributed by atoms with E-state index in [0.29, 0.717) is 17.6 Å². The molecule has 0 aliphatic carbocycles. The van der Waals surface area contributed by atoms with E-state index in [4.69, 9.17) is 4.74 Å². The first-order valence-electron chi connectivity index (χ1n) is 6.93. The van der Waals surface area contributed by atoms with Crippen LogP contribution in [0.1, 0.15) is 25.3 Å². The highest BCUT2D eigenvalue weighted by molar-refractivity contribution is 9.10. The van der Waals surface area contributed by atoms with Crippen molar-refractivity contribution in [2.24, 2.45) is 5.92 Å². The molecule has 2 rings (SSSR count). The minimum Gasteiger partial charge on any atom is -0.466 e. The molecule has 110 valence electrons. The number of likely N-dealkylation sites (tertiary alicyclic amines) is 1. The van der Waals surface area contributed by atoms with Gasteiger partial charge in [0.15, 0.2) is 0 Å². The fourth-order valence-corrected chi connectivity index (χ4v) is 2.97. The molecule has 1 aromatic carbocycles. The Morgan fingerprint density at radius 2 is 2.35 bits per heavy atom. The first kappa shape index (κ1) is 15.4. The minimum absolute atomic E-state index is 0.0346. The summed E-state index contributed by atoms with van der Waals surface area (Å²) in [7, 11) is 0. The molecule has 1 aliphatic rings. The summed E-state index contributed by atoms with van der Waals surface area (Å²) >= 11 is 3.20. The third kappa shape index (κ3) is 4.03. The fourth-order valence-electron chi connectivity index (χ4n) is 2.55. The molecular weight excluding hydrogens is 325 g/mol. The van der Waals surface area contributed by atoms with Gasteiger partial charge in [-0.15, -0.1) is 0 Å². The van der Waals surface area contributed by atoms with Crippen molar-refractivity contribution < 1.29 is 13.9 Å². The highest BCUT2D eigenvalue weighted by atomic mass is 79.9. The van der Waals surface area contributed by atoms with Crippen molar-refractivity contribution in [1.82, 2.24) is 4.90 Å². The Morgan fingerprint density at radius 1 is 1.55 bits per heavy atom. The normalized spacial score (nSPS) is 19.9. The maximum Gasteiger partial charge on any atom is 0.310 e. The average molecular weight is 344 g/mol. The molecule has 1 fully saturated rings. The molecule has 0 amide bonds. The van der Waals surface area contributed by atoms with E-state index in [1.807, 2.05) is 6.92 Å². The monoisotopic (exact) mass is 343 g/mol. The molecule has 1 saturated heterocycles. The van der Waals surface area contributed by atoms with Crippen molar-refractivity contribution in [2.45, 2.75) is 26.3 Å². The van der Waals surface area contributed by atoms with Gasteiger partial charge in [0, 0.05) is 13.1 Å². The lowest BCUT2D eigenvalue weighted by atomic mass is 9.98. The van der Waals surface area contributed by atoms with Gasteiger partial charge in [-0.1, -0.05) is 6.07 Å². The topological polar surface area (TPSA) is 29.5 Å². The highest BCUT2D eigenvalue weighted by Crippen LogP contribution is 2.22. The van der Waals surface area contributed by atoms with Crippen molar-refractivity contribution in [2.75, 3.05) is 19.7 Å². The van der Waals surface area contributed by atoms with Crippen LogP contribution >= 0.6 is 15.9 Å². The maximum atomic E-state index is 13.2. The number of carbonyl (C=O) groups is 1. The van der Waals surface area contributed by atoms with E-state index < -0.39 is 0 Å². The van der Waals surface area contributed by atoms with Crippen molar-refractivity contribution in [3.05, 3.63) is 34.1 Å². The van der Waals surface area contributed by atoms with E-state index >= 15 is 0 Å². The number of esters is 1. The molecule has 5 heteroatoms. The largest absolute Gasteiger partial charge is 0.466 e. The Morgan fingerprint density at radius 3 is 3.05 bits per heavy atom. The Balaban J connectivity index is 1.95. The summed E-state index contributed by atoms with van der Waals surface area (Å²) in [4.78, 5) is 14.0. The zero-order valence-corrected chi connectivity index (χ0v) is 13.2. The van der Waals surface area contributed by atoms with Gasteiger partial charge >= 0.3 is 5.97 Å². The zero-order chi connectivity index (χ0) is 14.5. The van der Waals surface area contributed by atoms with E-state index in [1.54, 1.807) is 12.1 Å². The molecule has 0 aromatic heterocycles. The van der Waals surface area contributed by atoms with Gasteiger partial charge in [0.1, 0.15) is 5.82 Å². The molecule has 20 heavy (non-hydrogen) atoms. The van der Waals surface area contributed by atoms with Crippen LogP contribution < -0.4 is 0 Å². The predicted molar refractivity (Wildman–Crippen MR) is 78.7 cm³/mol. The molecule has 0 saturated carbocycles. The van der Waals surface area contributed by atoms with Crippen LogP contribution in [-0.4, -0.2) is 30.6 Å². The number of ether oxygens (including phenoxy) is 1. The summed E-state index contributed by atoms with van der Waals surface area (Å²) in [6.07, 6.45) is 1.88. The average Bonchev–Trinajstić information content (AvgIpc) is 2.43. The molecule has 0 N–H and O–H groups in total. The molecule has 1 heterocycles. The van der Waals surface area contributed by atoms with Crippen LogP contribution in [0.25, 0.3) is 0 Å². The van der Waals surface area contributed by atoms with Crippen LogP contribution in [-0.2, 0) is 16.1 Å². The number of nitrogens with zero attached hydrogens (tertiary/aromatic N) is 1. The molecular formula is C15H19BrFNO2. The molecule has 1 atom stereocenters. The van der Waals surface area contributed by atoms with Crippen LogP contribution in [0.5, 0.6) is 0 Å². The van der Waals surface area contributed by atoms with E-state index in [1.165, 1.54) is 6.07 Å². The van der Waals surface area contributed by atoms with Crippen LogP contribution in [0.15, 0.2) is 22.7 Å². The van der Waals surface area contributed by atoms with Crippen LogP contribution in [0, 0.1) is 11.7 Å². The first-order valence-corrected chi connectivity index (χ1v) is 7.72. The van der Waals surface area contributed by atoms with Gasteiger partial charge in [0.25, 0.3) is 0 Å². The quantitative estimate of drug-likeness (QED) is 0.785. The van der Waals surface area contributed by atoms with Crippen LogP contribution in [0.2, 0.25) is 0 Å². The molecule has 0 spiro atoms. The number of rotatable bonds is 4. The number of piperidine rings is 1. The number of halogens is 2. The molecule has 3 nitrogen and oxygen atoms in total. The Kier molecular flexibility index (Phi) is 5.54. The first-order chi connectivity index (χ1) is 9.60. The summed E-state index contributed by atoms with van der Waals surface area (Å²) < 4.78 is 18.8. The Hall–Kier alpha value is -0.940. The van der Waals surface area contributed by atoms with Crippen LogP contribution in [0.4, 0.5) is 4.39 Å². The van der Waals surface area contributed by atoms with Crippen molar-refractivity contribution in [3.8, 4) is 0 Å². The molecule has 1 aliphatic heterocycles. The molecule has 0 bridgehead atoms. The van der Waals surface area contributed by atoms with Gasteiger partial charge in [-0.2, -0.15) is 0 Å². The summed E-state index contributed by atoms with van der Waals surface area (Å²) in [5, 5.41) is 0. The highest BCUT2D eigenvalue weighted by Gasteiger charge is 2.26. The molecule has 0 unspecified atom stereocenters. The van der Waals surface area contributed by atoms with Gasteiger partial charge in [0.2, 0.25) is 0 Å². The SMILES string of the molecule is CCOC(=O)[C@H]1CCCN(Cc2ccc(F)c(Br)c2)C1. The maximum absolute atomic E-state index is 13.2. The summed E-state index contributed by atoms with van der Waals surface area (Å²) in [5.74, 6) is -0.387. The lowest BCUT2D eigenvalue weighted by Crippen LogP contribution is -2.38. The standard InChI is InChI=1S/C15H19BrFNO2/c1-2-20-15(19)12-4-3-7-18(10-12)9-11-5-6-14(17)13(16)8-11/h5-6,8,12H,2-4,7,9-10H2,1H3/t12-/m0/s1. The predicted octanol–water partition coefficient (Wildman–Crippen LogP) is 3.36. The van der Waals surface area contributed by atoms with E-state index in [0.717, 1.165) is 31.5 Å². The molecule has 0 radical (unpaired) electrons. The summed E-state index contributed by atoms with van der Waals surface area (Å²) in [6, 6.07) is 5.05. The van der Waals surface area contributed by atoms with Gasteiger partial charge in [-0.3, -0.25) is 9.69 Å². The number of benzene rings is 1. The zero-order valence-electron chi connectivity index (χ0n) is 11.6. The number of hydrogen-bond donors (Lipinski definition) is 0. The van der Waals surface area contributed by atoms with Gasteiger partial charge < -0.3 is 4.74 Å². The van der Waals surface area contributed by atoms with Gasteiger partial charge in [-0.25, -0.2) is 4.39 Å². The van der Waals surface area contributed by atoms with Crippen LogP contribution in [0.3, 0.4) is 0 Å². The second kappa shape index (κ2) is 7.18. The van der Waals surface area contributed by atoms with E-state index in [-0.39, 0.29) is 17.7 Å². The number of carbonyl (C=O) groups excluding carboxylic acids is 1.